The molecule has 0 bridgehead atoms. The average molecular weight is 359 g/mol. The van der Waals surface area contributed by atoms with Crippen LogP contribution in [0.4, 0.5) is 4.39 Å². The molecule has 1 unspecified atom stereocenters. The standard InChI is InChI=1S/C19H22FN3OS/c20-16-5-2-1-4-15(16)10-22-8-3-6-19(12-22)7-9-23(13-19)18(24)17-11-25-14-21-17/h1-2,4-5,11,14H,3,6-10,12-13H2. The molecule has 0 saturated carbocycles. The molecule has 1 aromatic heterocycles. The van der Waals surface area contributed by atoms with Gasteiger partial charge in [-0.15, -0.1) is 11.3 Å². The summed E-state index contributed by atoms with van der Waals surface area (Å²) in [6.07, 6.45) is 3.27. The molecular weight excluding hydrogens is 337 g/mol. The molecule has 2 fully saturated rings. The summed E-state index contributed by atoms with van der Waals surface area (Å²) in [6, 6.07) is 7.01. The van der Waals surface area contributed by atoms with Crippen LogP contribution in [0.15, 0.2) is 35.2 Å². The third kappa shape index (κ3) is 3.46. The molecule has 4 nitrogen and oxygen atoms in total. The van der Waals surface area contributed by atoms with Crippen molar-refractivity contribution in [2.45, 2.75) is 25.8 Å². The maximum absolute atomic E-state index is 14.0. The van der Waals surface area contributed by atoms with E-state index in [9.17, 15) is 9.18 Å². The van der Waals surface area contributed by atoms with E-state index in [0.717, 1.165) is 51.0 Å². The Morgan fingerprint density at radius 3 is 2.92 bits per heavy atom. The van der Waals surface area contributed by atoms with Crippen LogP contribution in [-0.4, -0.2) is 46.9 Å². The van der Waals surface area contributed by atoms with Gasteiger partial charge in [-0.3, -0.25) is 9.69 Å². The number of piperidine rings is 1. The van der Waals surface area contributed by atoms with Crippen LogP contribution < -0.4 is 0 Å². The number of rotatable bonds is 3. The van der Waals surface area contributed by atoms with Gasteiger partial charge in [-0.1, -0.05) is 18.2 Å². The number of halogens is 1. The predicted molar refractivity (Wildman–Crippen MR) is 96.0 cm³/mol. The monoisotopic (exact) mass is 359 g/mol. The smallest absolute Gasteiger partial charge is 0.273 e. The summed E-state index contributed by atoms with van der Waals surface area (Å²) in [6.45, 7) is 4.16. The first-order valence-electron chi connectivity index (χ1n) is 8.78. The van der Waals surface area contributed by atoms with Crippen molar-refractivity contribution in [2.24, 2.45) is 5.41 Å². The lowest BCUT2D eigenvalue weighted by Crippen LogP contribution is -2.45. The predicted octanol–water partition coefficient (Wildman–Crippen LogP) is 3.41. The molecule has 1 spiro atoms. The van der Waals surface area contributed by atoms with Crippen LogP contribution in [0.3, 0.4) is 0 Å². The second-order valence-corrected chi connectivity index (χ2v) is 7.97. The van der Waals surface area contributed by atoms with E-state index in [1.54, 1.807) is 11.6 Å². The van der Waals surface area contributed by atoms with Gasteiger partial charge in [-0.05, 0) is 31.9 Å². The SMILES string of the molecule is O=C(c1cscn1)N1CCC2(CCCN(Cc3ccccc3F)C2)C1. The Bertz CT molecular complexity index is 751. The number of carbonyl (C=O) groups is 1. The van der Waals surface area contributed by atoms with Crippen molar-refractivity contribution >= 4 is 17.2 Å². The number of benzene rings is 1. The molecule has 3 heterocycles. The Hall–Kier alpha value is -1.79. The van der Waals surface area contributed by atoms with Gasteiger partial charge in [0.2, 0.25) is 0 Å². The van der Waals surface area contributed by atoms with Crippen molar-refractivity contribution < 1.29 is 9.18 Å². The molecule has 1 amide bonds. The third-order valence-corrected chi connectivity index (χ3v) is 6.06. The zero-order valence-corrected chi connectivity index (χ0v) is 15.0. The van der Waals surface area contributed by atoms with Gasteiger partial charge in [0.15, 0.2) is 0 Å². The fraction of sp³-hybridized carbons (Fsp3) is 0.474. The summed E-state index contributed by atoms with van der Waals surface area (Å²) in [4.78, 5) is 21.0. The summed E-state index contributed by atoms with van der Waals surface area (Å²) in [5.41, 5.74) is 3.17. The first kappa shape index (κ1) is 16.7. The largest absolute Gasteiger partial charge is 0.337 e. The highest BCUT2D eigenvalue weighted by Gasteiger charge is 2.43. The first-order chi connectivity index (χ1) is 12.2. The highest BCUT2D eigenvalue weighted by Crippen LogP contribution is 2.39. The van der Waals surface area contributed by atoms with Crippen LogP contribution in [0, 0.1) is 11.2 Å². The minimum absolute atomic E-state index is 0.0457. The van der Waals surface area contributed by atoms with Crippen molar-refractivity contribution in [3.05, 3.63) is 52.2 Å². The molecule has 132 valence electrons. The quantitative estimate of drug-likeness (QED) is 0.843. The Balaban J connectivity index is 1.42. The summed E-state index contributed by atoms with van der Waals surface area (Å²) in [5.74, 6) is -0.0850. The van der Waals surface area contributed by atoms with Crippen LogP contribution in [0.25, 0.3) is 0 Å². The van der Waals surface area contributed by atoms with Gasteiger partial charge >= 0.3 is 0 Å². The van der Waals surface area contributed by atoms with Crippen molar-refractivity contribution in [1.82, 2.24) is 14.8 Å². The van der Waals surface area contributed by atoms with Crippen molar-refractivity contribution in [3.8, 4) is 0 Å². The Labute approximate surface area is 151 Å². The number of nitrogens with zero attached hydrogens (tertiary/aromatic N) is 3. The van der Waals surface area contributed by atoms with Crippen LogP contribution >= 0.6 is 11.3 Å². The highest BCUT2D eigenvalue weighted by molar-refractivity contribution is 7.07. The average Bonchev–Trinajstić information content (AvgIpc) is 3.27. The van der Waals surface area contributed by atoms with Crippen molar-refractivity contribution in [1.29, 1.82) is 0 Å². The normalized spacial score (nSPS) is 24.1. The Kier molecular flexibility index (Phi) is 4.56. The molecule has 6 heteroatoms. The first-order valence-corrected chi connectivity index (χ1v) is 9.73. The van der Waals surface area contributed by atoms with Gasteiger partial charge in [-0.25, -0.2) is 9.37 Å². The fourth-order valence-electron chi connectivity index (χ4n) is 4.23. The van der Waals surface area contributed by atoms with Gasteiger partial charge in [0.05, 0.1) is 5.51 Å². The molecule has 2 saturated heterocycles. The lowest BCUT2D eigenvalue weighted by atomic mass is 9.79. The van der Waals surface area contributed by atoms with Gasteiger partial charge in [0.1, 0.15) is 11.5 Å². The highest BCUT2D eigenvalue weighted by atomic mass is 32.1. The van der Waals surface area contributed by atoms with E-state index >= 15 is 0 Å². The number of aromatic nitrogens is 1. The summed E-state index contributed by atoms with van der Waals surface area (Å²) >= 11 is 1.45. The summed E-state index contributed by atoms with van der Waals surface area (Å²) < 4.78 is 14.0. The zero-order valence-electron chi connectivity index (χ0n) is 14.2. The van der Waals surface area contributed by atoms with E-state index in [1.165, 1.54) is 17.4 Å². The van der Waals surface area contributed by atoms with E-state index in [0.29, 0.717) is 12.2 Å². The molecule has 2 aliphatic heterocycles. The minimum atomic E-state index is -0.131. The maximum atomic E-state index is 14.0. The number of likely N-dealkylation sites (tertiary alicyclic amines) is 2. The van der Waals surface area contributed by atoms with Crippen LogP contribution in [0.2, 0.25) is 0 Å². The Morgan fingerprint density at radius 1 is 1.24 bits per heavy atom. The molecule has 0 radical (unpaired) electrons. The zero-order chi connectivity index (χ0) is 17.3. The van der Waals surface area contributed by atoms with Crippen molar-refractivity contribution in [2.75, 3.05) is 26.2 Å². The van der Waals surface area contributed by atoms with Gasteiger partial charge in [-0.2, -0.15) is 0 Å². The van der Waals surface area contributed by atoms with Gasteiger partial charge in [0, 0.05) is 42.5 Å². The van der Waals surface area contributed by atoms with Crippen LogP contribution in [-0.2, 0) is 6.54 Å². The number of hydrogen-bond donors (Lipinski definition) is 0. The third-order valence-electron chi connectivity index (χ3n) is 5.47. The van der Waals surface area contributed by atoms with Crippen molar-refractivity contribution in [3.63, 3.8) is 0 Å². The fourth-order valence-corrected chi connectivity index (χ4v) is 4.76. The minimum Gasteiger partial charge on any atom is -0.337 e. The summed E-state index contributed by atoms with van der Waals surface area (Å²) in [7, 11) is 0. The lowest BCUT2D eigenvalue weighted by Gasteiger charge is -2.40. The van der Waals surface area contributed by atoms with E-state index < -0.39 is 0 Å². The van der Waals surface area contributed by atoms with E-state index in [2.05, 4.69) is 9.88 Å². The molecule has 0 aliphatic carbocycles. The van der Waals surface area contributed by atoms with Crippen LogP contribution in [0.1, 0.15) is 35.3 Å². The second-order valence-electron chi connectivity index (χ2n) is 7.26. The molecule has 0 N–H and O–H groups in total. The molecule has 2 aliphatic rings. The number of hydrogen-bond acceptors (Lipinski definition) is 4. The maximum Gasteiger partial charge on any atom is 0.273 e. The van der Waals surface area contributed by atoms with E-state index in [-0.39, 0.29) is 17.1 Å². The van der Waals surface area contributed by atoms with Gasteiger partial charge < -0.3 is 4.90 Å². The Morgan fingerprint density at radius 2 is 2.12 bits per heavy atom. The topological polar surface area (TPSA) is 36.4 Å². The molecule has 4 rings (SSSR count). The summed E-state index contributed by atoms with van der Waals surface area (Å²) in [5, 5.41) is 1.82. The molecular formula is C19H22FN3OS. The molecule has 1 atom stereocenters. The number of amides is 1. The lowest BCUT2D eigenvalue weighted by molar-refractivity contribution is 0.0669. The van der Waals surface area contributed by atoms with Gasteiger partial charge in [0.25, 0.3) is 5.91 Å². The van der Waals surface area contributed by atoms with E-state index in [1.807, 2.05) is 22.4 Å². The molecule has 1 aromatic carbocycles. The number of thiazole rings is 1. The van der Waals surface area contributed by atoms with Crippen LogP contribution in [0.5, 0.6) is 0 Å². The molecule has 2 aromatic rings. The second kappa shape index (κ2) is 6.84. The van der Waals surface area contributed by atoms with E-state index in [4.69, 9.17) is 0 Å². The number of carbonyl (C=O) groups excluding carboxylic acids is 1. The molecule has 25 heavy (non-hydrogen) atoms.